The Kier molecular flexibility index (Phi) is 3.00. The highest BCUT2D eigenvalue weighted by atomic mass is 15.2. The van der Waals surface area contributed by atoms with Crippen LogP contribution in [0.15, 0.2) is 18.2 Å². The number of aromatic nitrogens is 1. The van der Waals surface area contributed by atoms with Crippen molar-refractivity contribution in [3.63, 3.8) is 0 Å². The summed E-state index contributed by atoms with van der Waals surface area (Å²) < 4.78 is 0. The number of para-hydroxylation sites is 1. The summed E-state index contributed by atoms with van der Waals surface area (Å²) in [6.07, 6.45) is 1.08. The Bertz CT molecular complexity index is 550. The molecule has 1 aromatic carbocycles. The minimum absolute atomic E-state index is 1.08. The van der Waals surface area contributed by atoms with E-state index in [4.69, 9.17) is 0 Å². The van der Waals surface area contributed by atoms with E-state index in [-0.39, 0.29) is 0 Å². The molecule has 0 spiro atoms. The first kappa shape index (κ1) is 11.6. The highest BCUT2D eigenvalue weighted by Gasteiger charge is 2.18. The van der Waals surface area contributed by atoms with Gasteiger partial charge in [0.25, 0.3) is 0 Å². The zero-order valence-corrected chi connectivity index (χ0v) is 11.2. The molecule has 18 heavy (non-hydrogen) atoms. The van der Waals surface area contributed by atoms with E-state index in [1.165, 1.54) is 27.8 Å². The monoisotopic (exact) mass is 243 g/mol. The van der Waals surface area contributed by atoms with Gasteiger partial charge in [0.15, 0.2) is 0 Å². The van der Waals surface area contributed by atoms with Gasteiger partial charge in [0, 0.05) is 37.3 Å². The van der Waals surface area contributed by atoms with Crippen LogP contribution in [-0.4, -0.2) is 31.2 Å². The van der Waals surface area contributed by atoms with Crippen LogP contribution in [0.3, 0.4) is 0 Å². The van der Waals surface area contributed by atoms with Gasteiger partial charge in [0.05, 0.1) is 11.2 Å². The molecule has 3 rings (SSSR count). The molecule has 96 valence electrons. The van der Waals surface area contributed by atoms with E-state index in [0.29, 0.717) is 0 Å². The van der Waals surface area contributed by atoms with E-state index in [1.54, 1.807) is 0 Å². The van der Waals surface area contributed by atoms with Gasteiger partial charge in [0.1, 0.15) is 0 Å². The normalized spacial score (nSPS) is 16.4. The highest BCUT2D eigenvalue weighted by molar-refractivity contribution is 5.96. The molecule has 0 amide bonds. The summed E-state index contributed by atoms with van der Waals surface area (Å²) in [4.78, 5) is 6.09. The Balaban J connectivity index is 2.13. The van der Waals surface area contributed by atoms with E-state index in [1.807, 2.05) is 0 Å². The Morgan fingerprint density at radius 1 is 1.22 bits per heavy atom. The largest absolute Gasteiger partial charge is 0.367 e. The molecule has 3 nitrogen and oxygen atoms in total. The van der Waals surface area contributed by atoms with Crippen LogP contribution in [0.25, 0.3) is 10.9 Å². The minimum atomic E-state index is 1.08. The molecule has 1 aliphatic heterocycles. The molecule has 2 heterocycles. The number of aryl methyl sites for hydroxylation is 2. The number of benzene rings is 1. The zero-order valence-electron chi connectivity index (χ0n) is 11.2. The van der Waals surface area contributed by atoms with Crippen molar-refractivity contribution in [1.29, 1.82) is 0 Å². The number of nitrogens with zero attached hydrogens (tertiary/aromatic N) is 1. The molecule has 2 aromatic rings. The molecule has 0 radical (unpaired) electrons. The van der Waals surface area contributed by atoms with Gasteiger partial charge in [-0.3, -0.25) is 0 Å². The Morgan fingerprint density at radius 2 is 2.00 bits per heavy atom. The third-order valence-corrected chi connectivity index (χ3v) is 3.89. The van der Waals surface area contributed by atoms with Gasteiger partial charge in [-0.25, -0.2) is 0 Å². The zero-order chi connectivity index (χ0) is 12.5. The molecule has 2 N–H and O–H groups in total. The number of hydrogen-bond donors (Lipinski definition) is 2. The predicted octanol–water partition coefficient (Wildman–Crippen LogP) is 2.45. The van der Waals surface area contributed by atoms with Gasteiger partial charge < -0.3 is 15.2 Å². The second-order valence-corrected chi connectivity index (χ2v) is 5.03. The van der Waals surface area contributed by atoms with Gasteiger partial charge >= 0.3 is 0 Å². The van der Waals surface area contributed by atoms with Crippen molar-refractivity contribution in [1.82, 2.24) is 10.3 Å². The SMILES string of the molecule is CCc1cccc2c(N3CCNCC3)c(C)[nH]c12. The average molecular weight is 243 g/mol. The van der Waals surface area contributed by atoms with Crippen LogP contribution in [0.1, 0.15) is 18.2 Å². The second kappa shape index (κ2) is 4.65. The van der Waals surface area contributed by atoms with E-state index >= 15 is 0 Å². The van der Waals surface area contributed by atoms with Gasteiger partial charge in [-0.15, -0.1) is 0 Å². The first-order chi connectivity index (χ1) is 8.81. The number of rotatable bonds is 2. The maximum absolute atomic E-state index is 3.58. The molecular weight excluding hydrogens is 222 g/mol. The maximum atomic E-state index is 3.58. The van der Waals surface area contributed by atoms with Gasteiger partial charge in [-0.2, -0.15) is 0 Å². The van der Waals surface area contributed by atoms with Crippen LogP contribution in [0.2, 0.25) is 0 Å². The van der Waals surface area contributed by atoms with Crippen LogP contribution >= 0.6 is 0 Å². The number of nitrogens with one attached hydrogen (secondary N) is 2. The van der Waals surface area contributed by atoms with E-state index in [9.17, 15) is 0 Å². The van der Waals surface area contributed by atoms with Crippen LogP contribution in [0.4, 0.5) is 5.69 Å². The van der Waals surface area contributed by atoms with E-state index < -0.39 is 0 Å². The Hall–Kier alpha value is -1.48. The standard InChI is InChI=1S/C15H21N3/c1-3-12-5-4-6-13-14(12)17-11(2)15(13)18-9-7-16-8-10-18/h4-6,16-17H,3,7-10H2,1-2H3. The van der Waals surface area contributed by atoms with Crippen molar-refractivity contribution in [3.8, 4) is 0 Å². The topological polar surface area (TPSA) is 31.1 Å². The molecule has 0 unspecified atom stereocenters. The number of H-pyrrole nitrogens is 1. The molecule has 0 atom stereocenters. The molecule has 1 saturated heterocycles. The van der Waals surface area contributed by atoms with Crippen molar-refractivity contribution < 1.29 is 0 Å². The summed E-state index contributed by atoms with van der Waals surface area (Å²) in [6.45, 7) is 8.78. The lowest BCUT2D eigenvalue weighted by molar-refractivity contribution is 0.589. The number of piperazine rings is 1. The highest BCUT2D eigenvalue weighted by Crippen LogP contribution is 2.32. The average Bonchev–Trinajstić information content (AvgIpc) is 2.75. The molecule has 1 aromatic heterocycles. The van der Waals surface area contributed by atoms with E-state index in [0.717, 1.165) is 32.6 Å². The summed E-state index contributed by atoms with van der Waals surface area (Å²) in [5.41, 5.74) is 5.44. The molecule has 1 aliphatic rings. The summed E-state index contributed by atoms with van der Waals surface area (Å²) >= 11 is 0. The lowest BCUT2D eigenvalue weighted by Crippen LogP contribution is -2.43. The Labute approximate surface area is 108 Å². The first-order valence-corrected chi connectivity index (χ1v) is 6.87. The van der Waals surface area contributed by atoms with Crippen LogP contribution in [0, 0.1) is 6.92 Å². The van der Waals surface area contributed by atoms with Crippen molar-refractivity contribution in [2.24, 2.45) is 0 Å². The fourth-order valence-corrected chi connectivity index (χ4v) is 2.98. The lowest BCUT2D eigenvalue weighted by atomic mass is 10.1. The third kappa shape index (κ3) is 1.79. The fraction of sp³-hybridized carbons (Fsp3) is 0.467. The predicted molar refractivity (Wildman–Crippen MR) is 77.5 cm³/mol. The molecule has 0 aliphatic carbocycles. The van der Waals surface area contributed by atoms with Crippen LogP contribution < -0.4 is 10.2 Å². The van der Waals surface area contributed by atoms with Crippen molar-refractivity contribution in [3.05, 3.63) is 29.5 Å². The Morgan fingerprint density at radius 3 is 2.72 bits per heavy atom. The van der Waals surface area contributed by atoms with Gasteiger partial charge in [-0.1, -0.05) is 25.1 Å². The third-order valence-electron chi connectivity index (χ3n) is 3.89. The van der Waals surface area contributed by atoms with Crippen LogP contribution in [0.5, 0.6) is 0 Å². The molecule has 0 saturated carbocycles. The van der Waals surface area contributed by atoms with E-state index in [2.05, 4.69) is 47.2 Å². The molecule has 0 bridgehead atoms. The summed E-state index contributed by atoms with van der Waals surface area (Å²) in [5.74, 6) is 0. The minimum Gasteiger partial charge on any atom is -0.367 e. The summed E-state index contributed by atoms with van der Waals surface area (Å²) in [6, 6.07) is 6.65. The van der Waals surface area contributed by atoms with Crippen LogP contribution in [-0.2, 0) is 6.42 Å². The van der Waals surface area contributed by atoms with Gasteiger partial charge in [-0.05, 0) is 18.9 Å². The van der Waals surface area contributed by atoms with Gasteiger partial charge in [0.2, 0.25) is 0 Å². The number of anilines is 1. The number of aromatic amines is 1. The maximum Gasteiger partial charge on any atom is 0.0655 e. The summed E-state index contributed by atoms with van der Waals surface area (Å²) in [5, 5.41) is 4.80. The van der Waals surface area contributed by atoms with Crippen molar-refractivity contribution >= 4 is 16.6 Å². The fourth-order valence-electron chi connectivity index (χ4n) is 2.98. The lowest BCUT2D eigenvalue weighted by Gasteiger charge is -2.29. The number of hydrogen-bond acceptors (Lipinski definition) is 2. The van der Waals surface area contributed by atoms with Crippen molar-refractivity contribution in [2.75, 3.05) is 31.1 Å². The quantitative estimate of drug-likeness (QED) is 0.849. The second-order valence-electron chi connectivity index (χ2n) is 5.03. The number of fused-ring (bicyclic) bond motifs is 1. The molecular formula is C15H21N3. The van der Waals surface area contributed by atoms with Crippen molar-refractivity contribution in [2.45, 2.75) is 20.3 Å². The summed E-state index contributed by atoms with van der Waals surface area (Å²) in [7, 11) is 0. The smallest absolute Gasteiger partial charge is 0.0655 e. The first-order valence-electron chi connectivity index (χ1n) is 6.87. The molecule has 3 heteroatoms. The molecule has 1 fully saturated rings.